The van der Waals surface area contributed by atoms with Crippen molar-refractivity contribution in [1.82, 2.24) is 14.1 Å². The maximum Gasteiger partial charge on any atom is 0.269 e. The largest absolute Gasteiger partial charge is 0.458 e. The van der Waals surface area contributed by atoms with E-state index in [2.05, 4.69) is 84.3 Å². The van der Waals surface area contributed by atoms with E-state index >= 15 is 0 Å². The van der Waals surface area contributed by atoms with Gasteiger partial charge in [0.05, 0.1) is 41.7 Å². The lowest BCUT2D eigenvalue weighted by Crippen LogP contribution is -2.31. The van der Waals surface area contributed by atoms with Gasteiger partial charge >= 0.3 is 0 Å². The number of pyridine rings is 1. The molecule has 0 spiro atoms. The smallest absolute Gasteiger partial charge is 0.269 e. The monoisotopic (exact) mass is 742 g/mol. The molecule has 0 fully saturated rings. The van der Waals surface area contributed by atoms with E-state index in [1.54, 1.807) is 22.9 Å². The Morgan fingerprint density at radius 1 is 0.649 bits per heavy atom. The number of nitrogens with zero attached hydrogens (tertiary/aromatic N) is 4. The number of imidazole rings is 1. The lowest BCUT2D eigenvalue weighted by atomic mass is 9.95. The van der Waals surface area contributed by atoms with E-state index in [9.17, 15) is 2.74 Å². The first kappa shape index (κ1) is 28.2. The summed E-state index contributed by atoms with van der Waals surface area (Å²) in [5.41, 5.74) is 9.41. The predicted octanol–water partition coefficient (Wildman–Crippen LogP) is 12.5. The highest BCUT2D eigenvalue weighted by Crippen LogP contribution is 2.37. The van der Waals surface area contributed by atoms with Crippen molar-refractivity contribution in [3.8, 4) is 50.9 Å². The number of hydrogen-bond acceptors (Lipinski definition) is 2. The van der Waals surface area contributed by atoms with Gasteiger partial charge in [0, 0.05) is 23.0 Å². The fraction of sp³-hybridized carbons (Fsp3) is 0.0769. The molecule has 0 saturated heterocycles. The molecule has 3 heterocycles. The Morgan fingerprint density at radius 3 is 2.12 bits per heavy atom. The number of para-hydroxylation sites is 4. The second-order valence-electron chi connectivity index (χ2n) is 14.5. The lowest BCUT2D eigenvalue weighted by molar-refractivity contribution is -0.571. The standard InChI is InChI=1S/C52H40N4O/c1-36(2)31-37-29-30-53-51(32-37)56-47-24-10-9-21-45(47)46-28-27-42(34-50(46)56)57-41-20-13-19-40(33-41)54-35-55(49-26-12-11-25-48(49)54)52-43(38-15-5-3-6-16-38)22-14-23-44(52)39-17-7-4-8-18-39/h3-30,32-34,36H,31H2,1-2H3/i9D,10D,21D,24D,27D,28D. The molecule has 5 heteroatoms. The summed E-state index contributed by atoms with van der Waals surface area (Å²) in [5, 5.41) is 0.384. The highest BCUT2D eigenvalue weighted by atomic mass is 16.5. The molecule has 0 aliphatic carbocycles. The molecule has 0 unspecified atom stereocenters. The molecule has 0 N–H and O–H groups in total. The van der Waals surface area contributed by atoms with Crippen molar-refractivity contribution in [3.63, 3.8) is 0 Å². The summed E-state index contributed by atoms with van der Waals surface area (Å²) in [6, 6.07) is 46.4. The summed E-state index contributed by atoms with van der Waals surface area (Å²) >= 11 is 0. The Labute approximate surface area is 340 Å². The van der Waals surface area contributed by atoms with Crippen LogP contribution in [0.1, 0.15) is 27.6 Å². The summed E-state index contributed by atoms with van der Waals surface area (Å²) in [7, 11) is 0. The van der Waals surface area contributed by atoms with E-state index in [4.69, 9.17) is 10.2 Å². The van der Waals surface area contributed by atoms with Crippen LogP contribution in [-0.4, -0.2) is 14.1 Å². The molecule has 5 nitrogen and oxygen atoms in total. The molecule has 10 aromatic rings. The molecule has 0 saturated carbocycles. The quantitative estimate of drug-likeness (QED) is 0.109. The number of rotatable bonds is 9. The number of ether oxygens (including phenoxy) is 1. The third kappa shape index (κ3) is 6.33. The van der Waals surface area contributed by atoms with Crippen molar-refractivity contribution >= 4 is 32.8 Å². The SMILES string of the molecule is [2H]c1c(Oc2cccc(-n3[c-][n+](-c4c(-c5ccccc5)cccc4-c4ccccc4)c4ccccc43)c2)cc2c(c1[2H])c1c([2H])c([2H])c([2H])c([2H])c1n2-c1cc(CC(C)C)ccn1. The van der Waals surface area contributed by atoms with Gasteiger partial charge in [0.25, 0.3) is 6.33 Å². The summed E-state index contributed by atoms with van der Waals surface area (Å²) in [4.78, 5) is 4.67. The van der Waals surface area contributed by atoms with Crippen LogP contribution in [0.15, 0.2) is 188 Å². The zero-order chi connectivity index (χ0) is 43.5. The molecule has 0 aliphatic rings. The number of benzene rings is 7. The Balaban J connectivity index is 1.13. The molecule has 10 rings (SSSR count). The van der Waals surface area contributed by atoms with Gasteiger partial charge in [0.2, 0.25) is 0 Å². The third-order valence-corrected chi connectivity index (χ3v) is 10.2. The summed E-state index contributed by atoms with van der Waals surface area (Å²) in [6.07, 6.45) is 6.15. The summed E-state index contributed by atoms with van der Waals surface area (Å²) < 4.78 is 65.9. The fourth-order valence-corrected chi connectivity index (χ4v) is 7.75. The van der Waals surface area contributed by atoms with E-state index in [1.807, 2.05) is 83.4 Å². The zero-order valence-electron chi connectivity index (χ0n) is 37.4. The van der Waals surface area contributed by atoms with Crippen LogP contribution in [0.25, 0.3) is 72.3 Å². The number of hydrogen-bond donors (Lipinski definition) is 0. The first-order valence-electron chi connectivity index (χ1n) is 22.1. The van der Waals surface area contributed by atoms with Gasteiger partial charge in [0.15, 0.2) is 0 Å². The van der Waals surface area contributed by atoms with Crippen molar-refractivity contribution < 1.29 is 17.5 Å². The van der Waals surface area contributed by atoms with Crippen LogP contribution < -0.4 is 9.30 Å². The average Bonchev–Trinajstić information content (AvgIpc) is 3.86. The van der Waals surface area contributed by atoms with Gasteiger partial charge in [-0.1, -0.05) is 141 Å². The van der Waals surface area contributed by atoms with Crippen molar-refractivity contribution in [1.29, 1.82) is 0 Å². The number of fused-ring (bicyclic) bond motifs is 4. The van der Waals surface area contributed by atoms with Crippen LogP contribution in [-0.2, 0) is 6.42 Å². The highest BCUT2D eigenvalue weighted by Gasteiger charge is 2.20. The Bertz CT molecular complexity index is 3340. The molecular formula is C52H40N4O. The van der Waals surface area contributed by atoms with E-state index in [1.165, 1.54) is 0 Å². The average molecular weight is 743 g/mol. The van der Waals surface area contributed by atoms with E-state index in [-0.39, 0.29) is 46.2 Å². The zero-order valence-corrected chi connectivity index (χ0v) is 31.4. The fourth-order valence-electron chi connectivity index (χ4n) is 7.75. The summed E-state index contributed by atoms with van der Waals surface area (Å²) in [5.74, 6) is 1.30. The topological polar surface area (TPSA) is 35.9 Å². The first-order valence-corrected chi connectivity index (χ1v) is 19.1. The van der Waals surface area contributed by atoms with Crippen molar-refractivity contribution in [2.45, 2.75) is 20.3 Å². The Morgan fingerprint density at radius 2 is 1.35 bits per heavy atom. The molecule has 0 bridgehead atoms. The van der Waals surface area contributed by atoms with Crippen molar-refractivity contribution in [2.24, 2.45) is 5.92 Å². The van der Waals surface area contributed by atoms with Crippen molar-refractivity contribution in [2.75, 3.05) is 0 Å². The molecule has 0 amide bonds. The minimum absolute atomic E-state index is 0.0861. The normalized spacial score (nSPS) is 13.0. The molecule has 7 aromatic carbocycles. The van der Waals surface area contributed by atoms with E-state index in [0.717, 1.165) is 56.6 Å². The molecule has 0 radical (unpaired) electrons. The van der Waals surface area contributed by atoms with E-state index in [0.29, 0.717) is 23.0 Å². The predicted molar refractivity (Wildman–Crippen MR) is 232 cm³/mol. The Kier molecular flexibility index (Phi) is 7.15. The molecule has 0 atom stereocenters. The molecule has 0 aliphatic heterocycles. The van der Waals surface area contributed by atoms with Gasteiger partial charge in [0.1, 0.15) is 17.3 Å². The van der Waals surface area contributed by atoms with Gasteiger partial charge in [-0.25, -0.2) is 4.98 Å². The van der Waals surface area contributed by atoms with Gasteiger partial charge < -0.3 is 4.74 Å². The lowest BCUT2D eigenvalue weighted by Gasteiger charge is -2.17. The third-order valence-electron chi connectivity index (χ3n) is 10.2. The van der Waals surface area contributed by atoms with E-state index < -0.39 is 12.1 Å². The van der Waals surface area contributed by atoms with Crippen LogP contribution in [0.3, 0.4) is 0 Å². The van der Waals surface area contributed by atoms with Gasteiger partial charge in [-0.2, -0.15) is 0 Å². The maximum atomic E-state index is 9.32. The minimum Gasteiger partial charge on any atom is -0.458 e. The minimum atomic E-state index is -0.411. The summed E-state index contributed by atoms with van der Waals surface area (Å²) in [6.45, 7) is 4.25. The van der Waals surface area contributed by atoms with Crippen LogP contribution in [0.2, 0.25) is 0 Å². The van der Waals surface area contributed by atoms with Crippen molar-refractivity contribution in [3.05, 3.63) is 200 Å². The van der Waals surface area contributed by atoms with Gasteiger partial charge in [-0.05, 0) is 88.6 Å². The van der Waals surface area contributed by atoms with Crippen LogP contribution in [0.5, 0.6) is 11.5 Å². The maximum absolute atomic E-state index is 9.32. The second kappa shape index (κ2) is 14.4. The second-order valence-corrected chi connectivity index (χ2v) is 14.5. The molecular weight excluding hydrogens is 697 g/mol. The van der Waals surface area contributed by atoms with Crippen LogP contribution in [0.4, 0.5) is 0 Å². The van der Waals surface area contributed by atoms with Crippen LogP contribution in [0, 0.1) is 12.2 Å². The van der Waals surface area contributed by atoms with Gasteiger partial charge in [-0.3, -0.25) is 13.7 Å². The molecule has 57 heavy (non-hydrogen) atoms. The van der Waals surface area contributed by atoms with Gasteiger partial charge in [-0.15, -0.1) is 0 Å². The molecule has 3 aromatic heterocycles. The Hall–Kier alpha value is -7.24. The highest BCUT2D eigenvalue weighted by molar-refractivity contribution is 6.09. The first-order chi connectivity index (χ1) is 30.6. The molecule has 274 valence electrons. The van der Waals surface area contributed by atoms with Crippen LogP contribution >= 0.6 is 0 Å². The number of aromatic nitrogens is 4.